The summed E-state index contributed by atoms with van der Waals surface area (Å²) >= 11 is 0. The van der Waals surface area contributed by atoms with Gasteiger partial charge in [0.1, 0.15) is 34.3 Å². The summed E-state index contributed by atoms with van der Waals surface area (Å²) in [6.07, 6.45) is -0.415. The average molecular weight is 694 g/mol. The lowest BCUT2D eigenvalue weighted by molar-refractivity contribution is 0.661. The van der Waals surface area contributed by atoms with Crippen LogP contribution in [0.1, 0.15) is 22.9 Å². The maximum absolute atomic E-state index is 6.64. The molecule has 5 nitrogen and oxygen atoms in total. The fourth-order valence-corrected chi connectivity index (χ4v) is 8.09. The fourth-order valence-electron chi connectivity index (χ4n) is 8.09. The molecule has 54 heavy (non-hydrogen) atoms. The molecule has 2 aromatic heterocycles. The molecule has 0 bridgehead atoms. The molecule has 11 rings (SSSR count). The van der Waals surface area contributed by atoms with E-state index in [0.29, 0.717) is 5.84 Å². The summed E-state index contributed by atoms with van der Waals surface area (Å²) in [6, 6.07) is 60.9. The Morgan fingerprint density at radius 1 is 0.407 bits per heavy atom. The van der Waals surface area contributed by atoms with Gasteiger partial charge in [-0.1, -0.05) is 152 Å². The molecule has 254 valence electrons. The SMILES string of the molecule is c1ccc(C2=NC(c3ccc(-c4ccc(-c5ccccc5)c5oc6ccccc6c45)c4ccccc34)NC(c3cccc4c3oc3ccccc34)=N2)cc1. The third kappa shape index (κ3) is 4.79. The Morgan fingerprint density at radius 3 is 1.80 bits per heavy atom. The van der Waals surface area contributed by atoms with Gasteiger partial charge in [0, 0.05) is 38.2 Å². The minimum Gasteiger partial charge on any atom is -0.455 e. The molecular weight excluding hydrogens is 663 g/mol. The Bertz CT molecular complexity index is 3140. The lowest BCUT2D eigenvalue weighted by Crippen LogP contribution is -2.33. The Morgan fingerprint density at radius 2 is 1.00 bits per heavy atom. The number of fused-ring (bicyclic) bond motifs is 7. The molecule has 3 heterocycles. The average Bonchev–Trinajstić information content (AvgIpc) is 3.83. The summed E-state index contributed by atoms with van der Waals surface area (Å²) in [4.78, 5) is 10.4. The molecule has 1 aliphatic rings. The highest BCUT2D eigenvalue weighted by Gasteiger charge is 2.26. The van der Waals surface area contributed by atoms with Crippen LogP contribution in [0.25, 0.3) is 76.9 Å². The molecule has 0 saturated heterocycles. The second-order valence-electron chi connectivity index (χ2n) is 13.7. The normalized spacial score (nSPS) is 14.5. The highest BCUT2D eigenvalue weighted by molar-refractivity contribution is 6.21. The Hall–Kier alpha value is -7.24. The largest absolute Gasteiger partial charge is 0.455 e. The molecule has 1 atom stereocenters. The molecule has 0 fully saturated rings. The van der Waals surface area contributed by atoms with Crippen molar-refractivity contribution in [1.29, 1.82) is 0 Å². The predicted molar refractivity (Wildman–Crippen MR) is 221 cm³/mol. The third-order valence-electron chi connectivity index (χ3n) is 10.6. The van der Waals surface area contributed by atoms with Gasteiger partial charge in [0.2, 0.25) is 0 Å². The van der Waals surface area contributed by atoms with E-state index in [1.165, 1.54) is 0 Å². The first-order valence-corrected chi connectivity index (χ1v) is 18.2. The van der Waals surface area contributed by atoms with E-state index in [1.807, 2.05) is 48.5 Å². The standard InChI is InChI=1S/C49H31N3O2/c1-3-14-30(15-4-1)32-26-28-37(44-40-21-10-12-25-43(40)54-46(32)44)35-27-29-39(34-19-8-7-18-33(34)35)48-50-47(31-16-5-2-6-17-31)51-49(52-48)41-23-13-22-38-36-20-9-11-24-42(36)53-45(38)41/h1-29,48H,(H,50,51,52). The van der Waals surface area contributed by atoms with Crippen molar-refractivity contribution in [2.45, 2.75) is 6.17 Å². The van der Waals surface area contributed by atoms with Crippen LogP contribution < -0.4 is 5.32 Å². The molecule has 5 heteroatoms. The lowest BCUT2D eigenvalue weighted by atomic mass is 9.90. The molecule has 1 unspecified atom stereocenters. The fraction of sp³-hybridized carbons (Fsp3) is 0.0204. The van der Waals surface area contributed by atoms with Gasteiger partial charge in [0.15, 0.2) is 5.84 Å². The Balaban J connectivity index is 1.10. The van der Waals surface area contributed by atoms with Crippen LogP contribution in [0.3, 0.4) is 0 Å². The first kappa shape index (κ1) is 30.4. The number of nitrogens with one attached hydrogen (secondary N) is 1. The number of para-hydroxylation sites is 3. The van der Waals surface area contributed by atoms with Crippen molar-refractivity contribution < 1.29 is 8.83 Å². The predicted octanol–water partition coefficient (Wildman–Crippen LogP) is 12.5. The van der Waals surface area contributed by atoms with Gasteiger partial charge < -0.3 is 14.2 Å². The summed E-state index contributed by atoms with van der Waals surface area (Å²) in [7, 11) is 0. The van der Waals surface area contributed by atoms with Gasteiger partial charge in [-0.2, -0.15) is 0 Å². The number of furan rings is 2. The van der Waals surface area contributed by atoms with Crippen molar-refractivity contribution in [3.63, 3.8) is 0 Å². The smallest absolute Gasteiger partial charge is 0.159 e. The van der Waals surface area contributed by atoms with Gasteiger partial charge in [-0.3, -0.25) is 0 Å². The van der Waals surface area contributed by atoms with Gasteiger partial charge >= 0.3 is 0 Å². The van der Waals surface area contributed by atoms with Gasteiger partial charge in [-0.15, -0.1) is 0 Å². The molecule has 0 aliphatic carbocycles. The summed E-state index contributed by atoms with van der Waals surface area (Å²) in [5, 5.41) is 10.3. The van der Waals surface area contributed by atoms with E-state index in [1.54, 1.807) is 0 Å². The highest BCUT2D eigenvalue weighted by Crippen LogP contribution is 2.44. The van der Waals surface area contributed by atoms with Crippen LogP contribution in [0.2, 0.25) is 0 Å². The van der Waals surface area contributed by atoms with E-state index < -0.39 is 6.17 Å². The molecule has 8 aromatic carbocycles. The van der Waals surface area contributed by atoms with Gasteiger partial charge in [0.25, 0.3) is 0 Å². The lowest BCUT2D eigenvalue weighted by Gasteiger charge is -2.25. The zero-order valence-electron chi connectivity index (χ0n) is 29.0. The van der Waals surface area contributed by atoms with E-state index in [-0.39, 0.29) is 0 Å². The number of nitrogens with zero attached hydrogens (tertiary/aromatic N) is 2. The summed E-state index contributed by atoms with van der Waals surface area (Å²) in [5.74, 6) is 1.38. The molecular formula is C49H31N3O2. The highest BCUT2D eigenvalue weighted by atomic mass is 16.3. The van der Waals surface area contributed by atoms with Gasteiger partial charge in [-0.05, 0) is 51.7 Å². The van der Waals surface area contributed by atoms with Crippen LogP contribution in [-0.4, -0.2) is 11.7 Å². The Kier molecular flexibility index (Phi) is 6.85. The number of aliphatic imine (C=N–C) groups is 2. The van der Waals surface area contributed by atoms with Gasteiger partial charge in [0.05, 0.1) is 5.56 Å². The van der Waals surface area contributed by atoms with Crippen LogP contribution >= 0.6 is 0 Å². The number of hydrogen-bond donors (Lipinski definition) is 1. The molecule has 0 spiro atoms. The molecule has 1 N–H and O–H groups in total. The van der Waals surface area contributed by atoms with Crippen molar-refractivity contribution >= 4 is 66.3 Å². The molecule has 0 amide bonds. The first-order chi connectivity index (χ1) is 26.8. The van der Waals surface area contributed by atoms with E-state index in [2.05, 4.69) is 133 Å². The van der Waals surface area contributed by atoms with E-state index in [4.69, 9.17) is 18.8 Å². The molecule has 10 aromatic rings. The number of benzene rings is 8. The van der Waals surface area contributed by atoms with Crippen LogP contribution in [0.15, 0.2) is 195 Å². The zero-order chi connectivity index (χ0) is 35.6. The quantitative estimate of drug-likeness (QED) is 0.195. The van der Waals surface area contributed by atoms with Crippen molar-refractivity contribution in [1.82, 2.24) is 5.32 Å². The second kappa shape index (κ2) is 12.2. The molecule has 0 saturated carbocycles. The van der Waals surface area contributed by atoms with Crippen LogP contribution in [0.4, 0.5) is 0 Å². The number of rotatable bonds is 5. The zero-order valence-corrected chi connectivity index (χ0v) is 29.0. The number of amidine groups is 2. The summed E-state index contributed by atoms with van der Waals surface area (Å²) in [6.45, 7) is 0. The molecule has 1 aliphatic heterocycles. The van der Waals surface area contributed by atoms with Gasteiger partial charge in [-0.25, -0.2) is 9.98 Å². The first-order valence-electron chi connectivity index (χ1n) is 18.2. The van der Waals surface area contributed by atoms with Crippen molar-refractivity contribution in [3.05, 3.63) is 193 Å². The monoisotopic (exact) mass is 693 g/mol. The summed E-state index contributed by atoms with van der Waals surface area (Å²) in [5.41, 5.74) is 10.8. The maximum atomic E-state index is 6.64. The van der Waals surface area contributed by atoms with Crippen LogP contribution in [0.5, 0.6) is 0 Å². The van der Waals surface area contributed by atoms with E-state index >= 15 is 0 Å². The maximum Gasteiger partial charge on any atom is 0.159 e. The second-order valence-corrected chi connectivity index (χ2v) is 13.7. The summed E-state index contributed by atoms with van der Waals surface area (Å²) < 4.78 is 13.1. The van der Waals surface area contributed by atoms with Crippen LogP contribution in [-0.2, 0) is 0 Å². The van der Waals surface area contributed by atoms with Crippen molar-refractivity contribution in [2.24, 2.45) is 9.98 Å². The van der Waals surface area contributed by atoms with Crippen LogP contribution in [0, 0.1) is 0 Å². The van der Waals surface area contributed by atoms with Crippen molar-refractivity contribution in [2.75, 3.05) is 0 Å². The van der Waals surface area contributed by atoms with Crippen molar-refractivity contribution in [3.8, 4) is 22.3 Å². The minimum absolute atomic E-state index is 0.415. The Labute approximate surface area is 310 Å². The van der Waals surface area contributed by atoms with E-state index in [9.17, 15) is 0 Å². The third-order valence-corrected chi connectivity index (χ3v) is 10.6. The molecule has 0 radical (unpaired) electrons. The topological polar surface area (TPSA) is 63.0 Å². The van der Waals surface area contributed by atoms with E-state index in [0.717, 1.165) is 99.4 Å². The number of hydrogen-bond acceptors (Lipinski definition) is 5. The minimum atomic E-state index is -0.415.